The number of hydrogen-bond donors (Lipinski definition) is 2. The van der Waals surface area contributed by atoms with Crippen molar-refractivity contribution in [2.75, 3.05) is 6.54 Å². The fraction of sp³-hybridized carbons (Fsp3) is 0.421. The van der Waals surface area contributed by atoms with Gasteiger partial charge in [0.1, 0.15) is 5.82 Å². The summed E-state index contributed by atoms with van der Waals surface area (Å²) in [6.07, 6.45) is 2.41. The Morgan fingerprint density at radius 2 is 1.88 bits per heavy atom. The first-order valence-electron chi connectivity index (χ1n) is 8.71. The maximum atomic E-state index is 13.1. The predicted octanol–water partition coefficient (Wildman–Crippen LogP) is 2.66. The van der Waals surface area contributed by atoms with E-state index in [2.05, 4.69) is 15.7 Å². The van der Waals surface area contributed by atoms with Gasteiger partial charge in [0.2, 0.25) is 11.8 Å². The minimum absolute atomic E-state index is 0.0569. The van der Waals surface area contributed by atoms with Crippen LogP contribution >= 0.6 is 0 Å². The Morgan fingerprint density at radius 1 is 1.23 bits per heavy atom. The molecule has 0 aliphatic carbocycles. The van der Waals surface area contributed by atoms with Gasteiger partial charge in [-0.05, 0) is 44.5 Å². The second kappa shape index (κ2) is 8.60. The molecule has 6 nitrogen and oxygen atoms in total. The molecule has 0 radical (unpaired) electrons. The standard InChI is InChI=1S/C19H25FN4O2/c1-5-12(2)19(26)21-11-18(25)23-13(3)17-10-22-24(14(17)4)16-8-6-15(20)7-9-16/h6-10,12-13H,5,11H2,1-4H3,(H,21,26)(H,23,25). The summed E-state index contributed by atoms with van der Waals surface area (Å²) in [5, 5.41) is 9.82. The highest BCUT2D eigenvalue weighted by Gasteiger charge is 2.17. The molecule has 140 valence electrons. The van der Waals surface area contributed by atoms with Crippen molar-refractivity contribution in [2.45, 2.75) is 40.2 Å². The molecule has 7 heteroatoms. The predicted molar refractivity (Wildman–Crippen MR) is 97.3 cm³/mol. The molecule has 1 heterocycles. The Morgan fingerprint density at radius 3 is 2.50 bits per heavy atom. The summed E-state index contributed by atoms with van der Waals surface area (Å²) in [4.78, 5) is 23.8. The van der Waals surface area contributed by atoms with E-state index in [0.29, 0.717) is 0 Å². The lowest BCUT2D eigenvalue weighted by atomic mass is 10.1. The number of amides is 2. The summed E-state index contributed by atoms with van der Waals surface area (Å²) < 4.78 is 14.8. The lowest BCUT2D eigenvalue weighted by Crippen LogP contribution is -2.39. The molecule has 0 aliphatic rings. The minimum atomic E-state index is -0.307. The monoisotopic (exact) mass is 360 g/mol. The first-order chi connectivity index (χ1) is 12.3. The van der Waals surface area contributed by atoms with Gasteiger partial charge in [-0.1, -0.05) is 13.8 Å². The molecule has 2 rings (SSSR count). The van der Waals surface area contributed by atoms with Crippen LogP contribution in [0.1, 0.15) is 44.5 Å². The highest BCUT2D eigenvalue weighted by molar-refractivity contribution is 5.85. The highest BCUT2D eigenvalue weighted by atomic mass is 19.1. The second-order valence-corrected chi connectivity index (χ2v) is 6.39. The van der Waals surface area contributed by atoms with Gasteiger partial charge in [-0.15, -0.1) is 0 Å². The van der Waals surface area contributed by atoms with Crippen molar-refractivity contribution in [1.82, 2.24) is 20.4 Å². The van der Waals surface area contributed by atoms with Crippen molar-refractivity contribution < 1.29 is 14.0 Å². The van der Waals surface area contributed by atoms with Gasteiger partial charge in [-0.3, -0.25) is 9.59 Å². The van der Waals surface area contributed by atoms with Crippen LogP contribution in [0, 0.1) is 18.7 Å². The maximum Gasteiger partial charge on any atom is 0.239 e. The molecule has 0 bridgehead atoms. The van der Waals surface area contributed by atoms with Crippen LogP contribution in [-0.2, 0) is 9.59 Å². The minimum Gasteiger partial charge on any atom is -0.348 e. The smallest absolute Gasteiger partial charge is 0.239 e. The van der Waals surface area contributed by atoms with Crippen LogP contribution in [-0.4, -0.2) is 28.1 Å². The highest BCUT2D eigenvalue weighted by Crippen LogP contribution is 2.20. The number of halogens is 1. The van der Waals surface area contributed by atoms with Crippen molar-refractivity contribution in [3.05, 3.63) is 47.5 Å². The van der Waals surface area contributed by atoms with Crippen molar-refractivity contribution in [3.8, 4) is 5.69 Å². The van der Waals surface area contributed by atoms with Crippen molar-refractivity contribution in [1.29, 1.82) is 0 Å². The molecule has 2 N–H and O–H groups in total. The Bertz CT molecular complexity index is 770. The van der Waals surface area contributed by atoms with E-state index in [-0.39, 0.29) is 36.1 Å². The summed E-state index contributed by atoms with van der Waals surface area (Å²) in [5.74, 6) is -0.811. The van der Waals surface area contributed by atoms with Crippen LogP contribution in [0.25, 0.3) is 5.69 Å². The number of nitrogens with one attached hydrogen (secondary N) is 2. The van der Waals surface area contributed by atoms with Gasteiger partial charge in [0, 0.05) is 17.2 Å². The zero-order valence-electron chi connectivity index (χ0n) is 15.5. The Balaban J connectivity index is 1.99. The van der Waals surface area contributed by atoms with E-state index in [1.807, 2.05) is 27.7 Å². The molecule has 2 aromatic rings. The summed E-state index contributed by atoms with van der Waals surface area (Å²) in [7, 11) is 0. The number of aromatic nitrogens is 2. The molecule has 0 saturated heterocycles. The molecule has 26 heavy (non-hydrogen) atoms. The molecule has 0 spiro atoms. The van der Waals surface area contributed by atoms with Gasteiger partial charge in [0.15, 0.2) is 0 Å². The van der Waals surface area contributed by atoms with Crippen LogP contribution in [0.15, 0.2) is 30.5 Å². The van der Waals surface area contributed by atoms with Crippen molar-refractivity contribution >= 4 is 11.8 Å². The molecule has 0 aliphatic heterocycles. The van der Waals surface area contributed by atoms with Gasteiger partial charge < -0.3 is 10.6 Å². The third-order valence-corrected chi connectivity index (χ3v) is 4.45. The molecule has 1 aromatic heterocycles. The molecule has 2 amide bonds. The number of benzene rings is 1. The summed E-state index contributed by atoms with van der Waals surface area (Å²) in [5.41, 5.74) is 2.46. The van der Waals surface area contributed by atoms with Gasteiger partial charge in [0.25, 0.3) is 0 Å². The molecule has 2 atom stereocenters. The van der Waals surface area contributed by atoms with E-state index in [1.165, 1.54) is 12.1 Å². The lowest BCUT2D eigenvalue weighted by Gasteiger charge is -2.15. The molecular weight excluding hydrogens is 335 g/mol. The third-order valence-electron chi connectivity index (χ3n) is 4.45. The van der Waals surface area contributed by atoms with E-state index >= 15 is 0 Å². The third kappa shape index (κ3) is 4.68. The van der Waals surface area contributed by atoms with Gasteiger partial charge in [-0.2, -0.15) is 5.10 Å². The number of carbonyl (C=O) groups is 2. The average molecular weight is 360 g/mol. The maximum absolute atomic E-state index is 13.1. The van der Waals surface area contributed by atoms with Gasteiger partial charge in [-0.25, -0.2) is 9.07 Å². The summed E-state index contributed by atoms with van der Waals surface area (Å²) >= 11 is 0. The van der Waals surface area contributed by atoms with E-state index in [1.54, 1.807) is 23.0 Å². The normalized spacial score (nSPS) is 13.1. The van der Waals surface area contributed by atoms with Crippen molar-refractivity contribution in [2.24, 2.45) is 5.92 Å². The summed E-state index contributed by atoms with van der Waals surface area (Å²) in [6, 6.07) is 5.78. The molecule has 0 fully saturated rings. The van der Waals surface area contributed by atoms with Crippen LogP contribution in [0.5, 0.6) is 0 Å². The van der Waals surface area contributed by atoms with Crippen LogP contribution in [0.4, 0.5) is 4.39 Å². The quantitative estimate of drug-likeness (QED) is 0.797. The van der Waals surface area contributed by atoms with E-state index in [9.17, 15) is 14.0 Å². The molecular formula is C19H25FN4O2. The van der Waals surface area contributed by atoms with E-state index < -0.39 is 0 Å². The van der Waals surface area contributed by atoms with Crippen LogP contribution in [0.3, 0.4) is 0 Å². The number of rotatable bonds is 7. The number of nitrogens with zero attached hydrogens (tertiary/aromatic N) is 2. The fourth-order valence-electron chi connectivity index (χ4n) is 2.59. The Kier molecular flexibility index (Phi) is 6.49. The number of carbonyl (C=O) groups excluding carboxylic acids is 2. The first-order valence-corrected chi connectivity index (χ1v) is 8.71. The van der Waals surface area contributed by atoms with Gasteiger partial charge >= 0.3 is 0 Å². The zero-order chi connectivity index (χ0) is 19.3. The molecule has 0 saturated carbocycles. The summed E-state index contributed by atoms with van der Waals surface area (Å²) in [6.45, 7) is 7.43. The average Bonchev–Trinajstić information content (AvgIpc) is 3.01. The van der Waals surface area contributed by atoms with Crippen LogP contribution < -0.4 is 10.6 Å². The van der Waals surface area contributed by atoms with E-state index in [0.717, 1.165) is 23.4 Å². The number of hydrogen-bond acceptors (Lipinski definition) is 3. The Hall–Kier alpha value is -2.70. The zero-order valence-corrected chi connectivity index (χ0v) is 15.5. The fourth-order valence-corrected chi connectivity index (χ4v) is 2.59. The SMILES string of the molecule is CCC(C)C(=O)NCC(=O)NC(C)c1cnn(-c2ccc(F)cc2)c1C. The molecule has 1 aromatic carbocycles. The first kappa shape index (κ1) is 19.6. The Labute approximate surface area is 152 Å². The second-order valence-electron chi connectivity index (χ2n) is 6.39. The topological polar surface area (TPSA) is 76.0 Å². The van der Waals surface area contributed by atoms with Gasteiger partial charge in [0.05, 0.1) is 24.5 Å². The van der Waals surface area contributed by atoms with E-state index in [4.69, 9.17) is 0 Å². The largest absolute Gasteiger partial charge is 0.348 e. The molecule has 2 unspecified atom stereocenters. The van der Waals surface area contributed by atoms with Crippen LogP contribution in [0.2, 0.25) is 0 Å². The van der Waals surface area contributed by atoms with Crippen molar-refractivity contribution in [3.63, 3.8) is 0 Å². The lowest BCUT2D eigenvalue weighted by molar-refractivity contribution is -0.128.